The maximum absolute atomic E-state index is 5.77. The molecule has 2 aromatic rings. The van der Waals surface area contributed by atoms with Gasteiger partial charge < -0.3 is 20.2 Å². The topological polar surface area (TPSA) is 86.2 Å². The van der Waals surface area contributed by atoms with E-state index in [1.807, 2.05) is 25.1 Å². The molecule has 1 aliphatic rings. The minimum atomic E-state index is 0.285. The van der Waals surface area contributed by atoms with Gasteiger partial charge in [-0.25, -0.2) is 4.98 Å². The number of nitrogens with zero attached hydrogens (tertiary/aromatic N) is 2. The van der Waals surface area contributed by atoms with Gasteiger partial charge in [-0.05, 0) is 25.5 Å². The predicted octanol–water partition coefficient (Wildman–Crippen LogP) is 2.08. The zero-order valence-electron chi connectivity index (χ0n) is 11.4. The number of hydrogen-bond donors (Lipinski definition) is 2. The summed E-state index contributed by atoms with van der Waals surface area (Å²) in [5.74, 6) is 3.07. The second-order valence-electron chi connectivity index (χ2n) is 4.96. The van der Waals surface area contributed by atoms with Crippen LogP contribution in [0.4, 0.5) is 11.8 Å². The molecule has 0 spiro atoms. The van der Waals surface area contributed by atoms with Crippen molar-refractivity contribution in [3.8, 4) is 0 Å². The Labute approximate surface area is 117 Å². The Morgan fingerprint density at radius 3 is 3.00 bits per heavy atom. The summed E-state index contributed by atoms with van der Waals surface area (Å²) in [6.45, 7) is 3.98. The quantitative estimate of drug-likeness (QED) is 0.887. The van der Waals surface area contributed by atoms with E-state index in [0.717, 1.165) is 30.2 Å². The molecule has 1 aliphatic heterocycles. The number of nitrogen functional groups attached to an aromatic ring is 1. The number of ether oxygens (including phenoxy) is 1. The number of rotatable bonds is 4. The van der Waals surface area contributed by atoms with Crippen molar-refractivity contribution >= 4 is 11.8 Å². The number of furan rings is 1. The SMILES string of the molecule is Cc1ccc(CNc2cc([C@@H]3CCOC3)nc(N)n2)o1. The van der Waals surface area contributed by atoms with E-state index in [9.17, 15) is 0 Å². The van der Waals surface area contributed by atoms with Crippen LogP contribution in [0.1, 0.15) is 29.6 Å². The average molecular weight is 274 g/mol. The highest BCUT2D eigenvalue weighted by Gasteiger charge is 2.20. The van der Waals surface area contributed by atoms with Crippen LogP contribution in [0.15, 0.2) is 22.6 Å². The van der Waals surface area contributed by atoms with E-state index in [1.165, 1.54) is 0 Å². The fraction of sp³-hybridized carbons (Fsp3) is 0.429. The first kappa shape index (κ1) is 12.9. The van der Waals surface area contributed by atoms with Gasteiger partial charge in [0, 0.05) is 18.6 Å². The summed E-state index contributed by atoms with van der Waals surface area (Å²) in [5, 5.41) is 3.21. The van der Waals surface area contributed by atoms with Gasteiger partial charge in [-0.3, -0.25) is 0 Å². The largest absolute Gasteiger partial charge is 0.465 e. The van der Waals surface area contributed by atoms with E-state index in [0.29, 0.717) is 24.9 Å². The molecule has 20 heavy (non-hydrogen) atoms. The van der Waals surface area contributed by atoms with Crippen molar-refractivity contribution in [3.05, 3.63) is 35.4 Å². The van der Waals surface area contributed by atoms with Crippen molar-refractivity contribution in [3.63, 3.8) is 0 Å². The third-order valence-electron chi connectivity index (χ3n) is 3.35. The standard InChI is InChI=1S/C14H18N4O2/c1-9-2-3-11(20-9)7-16-13-6-12(17-14(15)18-13)10-4-5-19-8-10/h2-3,6,10H,4-5,7-8H2,1H3,(H3,15,16,17,18)/t10-/m1/s1. The Bertz CT molecular complexity index is 591. The van der Waals surface area contributed by atoms with Gasteiger partial charge in [0.15, 0.2) is 0 Å². The number of aromatic nitrogens is 2. The van der Waals surface area contributed by atoms with Gasteiger partial charge in [0.2, 0.25) is 5.95 Å². The van der Waals surface area contributed by atoms with Crippen LogP contribution in [0.2, 0.25) is 0 Å². The second kappa shape index (κ2) is 5.50. The molecule has 0 saturated carbocycles. The lowest BCUT2D eigenvalue weighted by molar-refractivity contribution is 0.193. The molecule has 6 nitrogen and oxygen atoms in total. The van der Waals surface area contributed by atoms with Crippen molar-refractivity contribution < 1.29 is 9.15 Å². The highest BCUT2D eigenvalue weighted by atomic mass is 16.5. The highest BCUT2D eigenvalue weighted by Crippen LogP contribution is 2.25. The van der Waals surface area contributed by atoms with Gasteiger partial charge in [-0.2, -0.15) is 4.98 Å². The van der Waals surface area contributed by atoms with Crippen LogP contribution in [0.25, 0.3) is 0 Å². The minimum Gasteiger partial charge on any atom is -0.465 e. The lowest BCUT2D eigenvalue weighted by atomic mass is 10.0. The Balaban J connectivity index is 1.72. The molecular weight excluding hydrogens is 256 g/mol. The monoisotopic (exact) mass is 274 g/mol. The normalized spacial score (nSPS) is 18.4. The second-order valence-corrected chi connectivity index (χ2v) is 4.96. The van der Waals surface area contributed by atoms with Crippen LogP contribution in [-0.2, 0) is 11.3 Å². The predicted molar refractivity (Wildman–Crippen MR) is 75.4 cm³/mol. The molecule has 0 unspecified atom stereocenters. The Morgan fingerprint density at radius 2 is 2.30 bits per heavy atom. The van der Waals surface area contributed by atoms with Crippen LogP contribution < -0.4 is 11.1 Å². The average Bonchev–Trinajstić information content (AvgIpc) is 3.07. The lowest BCUT2D eigenvalue weighted by Crippen LogP contribution is -2.09. The van der Waals surface area contributed by atoms with Crippen LogP contribution in [-0.4, -0.2) is 23.2 Å². The molecular formula is C14H18N4O2. The molecule has 3 rings (SSSR count). The van der Waals surface area contributed by atoms with Gasteiger partial charge in [-0.1, -0.05) is 0 Å². The first-order valence-electron chi connectivity index (χ1n) is 6.72. The Morgan fingerprint density at radius 1 is 1.40 bits per heavy atom. The molecule has 3 N–H and O–H groups in total. The molecule has 0 aromatic carbocycles. The molecule has 6 heteroatoms. The van der Waals surface area contributed by atoms with Crippen LogP contribution >= 0.6 is 0 Å². The third kappa shape index (κ3) is 2.91. The van der Waals surface area contributed by atoms with Gasteiger partial charge in [0.05, 0.1) is 18.8 Å². The zero-order valence-corrected chi connectivity index (χ0v) is 11.4. The van der Waals surface area contributed by atoms with E-state index in [4.69, 9.17) is 14.9 Å². The van der Waals surface area contributed by atoms with Crippen molar-refractivity contribution in [2.75, 3.05) is 24.3 Å². The molecule has 2 aromatic heterocycles. The summed E-state index contributed by atoms with van der Waals surface area (Å²) in [6, 6.07) is 5.82. The van der Waals surface area contributed by atoms with Crippen LogP contribution in [0.3, 0.4) is 0 Å². The molecule has 1 fully saturated rings. The summed E-state index contributed by atoms with van der Waals surface area (Å²) >= 11 is 0. The molecule has 1 atom stereocenters. The molecule has 3 heterocycles. The first-order chi connectivity index (χ1) is 9.70. The highest BCUT2D eigenvalue weighted by molar-refractivity contribution is 5.41. The summed E-state index contributed by atoms with van der Waals surface area (Å²) in [7, 11) is 0. The number of nitrogens with two attached hydrogens (primary N) is 1. The van der Waals surface area contributed by atoms with Crippen molar-refractivity contribution in [2.45, 2.75) is 25.8 Å². The van der Waals surface area contributed by atoms with Crippen molar-refractivity contribution in [1.29, 1.82) is 0 Å². The summed E-state index contributed by atoms with van der Waals surface area (Å²) in [4.78, 5) is 8.50. The maximum Gasteiger partial charge on any atom is 0.222 e. The summed E-state index contributed by atoms with van der Waals surface area (Å²) in [5.41, 5.74) is 6.71. The molecule has 1 saturated heterocycles. The minimum absolute atomic E-state index is 0.285. The maximum atomic E-state index is 5.77. The van der Waals surface area contributed by atoms with Crippen molar-refractivity contribution in [1.82, 2.24) is 9.97 Å². The Hall–Kier alpha value is -2.08. The lowest BCUT2D eigenvalue weighted by Gasteiger charge is -2.10. The number of anilines is 2. The van der Waals surface area contributed by atoms with Gasteiger partial charge in [0.25, 0.3) is 0 Å². The molecule has 0 bridgehead atoms. The molecule has 106 valence electrons. The van der Waals surface area contributed by atoms with Gasteiger partial charge >= 0.3 is 0 Å². The summed E-state index contributed by atoms with van der Waals surface area (Å²) < 4.78 is 10.9. The fourth-order valence-corrected chi connectivity index (χ4v) is 2.31. The van der Waals surface area contributed by atoms with E-state index in [-0.39, 0.29) is 5.95 Å². The van der Waals surface area contributed by atoms with Crippen LogP contribution in [0, 0.1) is 6.92 Å². The smallest absolute Gasteiger partial charge is 0.222 e. The van der Waals surface area contributed by atoms with E-state index in [1.54, 1.807) is 0 Å². The van der Waals surface area contributed by atoms with E-state index >= 15 is 0 Å². The Kier molecular flexibility index (Phi) is 3.56. The molecule has 0 radical (unpaired) electrons. The molecule has 0 aliphatic carbocycles. The third-order valence-corrected chi connectivity index (χ3v) is 3.35. The number of aryl methyl sites for hydroxylation is 1. The zero-order chi connectivity index (χ0) is 13.9. The van der Waals surface area contributed by atoms with E-state index < -0.39 is 0 Å². The molecule has 0 amide bonds. The number of hydrogen-bond acceptors (Lipinski definition) is 6. The van der Waals surface area contributed by atoms with Crippen LogP contribution in [0.5, 0.6) is 0 Å². The van der Waals surface area contributed by atoms with Gasteiger partial charge in [-0.15, -0.1) is 0 Å². The first-order valence-corrected chi connectivity index (χ1v) is 6.72. The number of nitrogens with one attached hydrogen (secondary N) is 1. The van der Waals surface area contributed by atoms with E-state index in [2.05, 4.69) is 15.3 Å². The van der Waals surface area contributed by atoms with Gasteiger partial charge in [0.1, 0.15) is 17.3 Å². The fourth-order valence-electron chi connectivity index (χ4n) is 2.31. The van der Waals surface area contributed by atoms with Crippen molar-refractivity contribution in [2.24, 2.45) is 0 Å². The summed E-state index contributed by atoms with van der Waals surface area (Å²) in [6.07, 6.45) is 0.979.